The number of carbonyl (C=O) groups excluding carboxylic acids is 1. The van der Waals surface area contributed by atoms with Crippen LogP contribution >= 0.6 is 11.6 Å². The molecule has 0 fully saturated rings. The van der Waals surface area contributed by atoms with Crippen LogP contribution in [0.2, 0.25) is 5.02 Å². The third kappa shape index (κ3) is 5.01. The van der Waals surface area contributed by atoms with Crippen LogP contribution in [0.3, 0.4) is 0 Å². The predicted octanol–water partition coefficient (Wildman–Crippen LogP) is 5.72. The fourth-order valence-electron chi connectivity index (χ4n) is 3.94. The lowest BCUT2D eigenvalue weighted by Crippen LogP contribution is -2.21. The van der Waals surface area contributed by atoms with Gasteiger partial charge in [-0.05, 0) is 86.8 Å². The quantitative estimate of drug-likeness (QED) is 0.382. The topological polar surface area (TPSA) is 63.1 Å². The molecule has 170 valence electrons. The van der Waals surface area contributed by atoms with Crippen LogP contribution in [-0.4, -0.2) is 34.0 Å². The molecule has 33 heavy (non-hydrogen) atoms. The van der Waals surface area contributed by atoms with Crippen molar-refractivity contribution in [2.45, 2.75) is 34.1 Å². The predicted molar refractivity (Wildman–Crippen MR) is 136 cm³/mol. The Bertz CT molecular complexity index is 1290. The van der Waals surface area contributed by atoms with Gasteiger partial charge in [0.1, 0.15) is 11.0 Å². The number of aromatic nitrogens is 3. The fourth-order valence-corrected chi connectivity index (χ4v) is 4.07. The highest BCUT2D eigenvalue weighted by Gasteiger charge is 2.13. The van der Waals surface area contributed by atoms with E-state index in [0.29, 0.717) is 5.02 Å². The number of benzene rings is 3. The van der Waals surface area contributed by atoms with Crippen molar-refractivity contribution in [3.05, 3.63) is 76.3 Å². The van der Waals surface area contributed by atoms with Gasteiger partial charge in [0.2, 0.25) is 5.91 Å². The number of hydrogen-bond acceptors (Lipinski definition) is 4. The van der Waals surface area contributed by atoms with Crippen LogP contribution in [0, 0.1) is 13.8 Å². The Morgan fingerprint density at radius 3 is 2.24 bits per heavy atom. The average molecular weight is 462 g/mol. The van der Waals surface area contributed by atoms with Gasteiger partial charge in [-0.15, -0.1) is 10.2 Å². The maximum Gasteiger partial charge on any atom is 0.228 e. The molecule has 1 N–H and O–H groups in total. The van der Waals surface area contributed by atoms with Crippen LogP contribution < -0.4 is 10.2 Å². The third-order valence-corrected chi connectivity index (χ3v) is 6.05. The first-order valence-electron chi connectivity index (χ1n) is 11.2. The van der Waals surface area contributed by atoms with E-state index in [2.05, 4.69) is 59.4 Å². The molecule has 6 nitrogen and oxygen atoms in total. The number of carbonyl (C=O) groups is 1. The van der Waals surface area contributed by atoms with Crippen molar-refractivity contribution in [1.29, 1.82) is 0 Å². The zero-order valence-corrected chi connectivity index (χ0v) is 20.1. The number of halogens is 1. The van der Waals surface area contributed by atoms with E-state index in [-0.39, 0.29) is 12.3 Å². The van der Waals surface area contributed by atoms with Gasteiger partial charge < -0.3 is 10.2 Å². The molecule has 0 saturated heterocycles. The molecule has 0 aliphatic heterocycles. The molecule has 0 unspecified atom stereocenters. The lowest BCUT2D eigenvalue weighted by atomic mass is 10.1. The van der Waals surface area contributed by atoms with Crippen LogP contribution in [0.25, 0.3) is 16.7 Å². The molecule has 1 aromatic heterocycles. The van der Waals surface area contributed by atoms with Gasteiger partial charge in [0.25, 0.3) is 0 Å². The molecule has 4 rings (SSSR count). The summed E-state index contributed by atoms with van der Waals surface area (Å²) in [6, 6.07) is 17.5. The van der Waals surface area contributed by atoms with Gasteiger partial charge in [0.15, 0.2) is 0 Å². The monoisotopic (exact) mass is 461 g/mol. The average Bonchev–Trinajstić information content (AvgIpc) is 3.19. The Balaban J connectivity index is 1.57. The maximum absolute atomic E-state index is 12.6. The van der Waals surface area contributed by atoms with Gasteiger partial charge in [-0.2, -0.15) is 4.80 Å². The third-order valence-electron chi connectivity index (χ3n) is 5.80. The molecule has 1 amide bonds. The molecule has 0 radical (unpaired) electrons. The van der Waals surface area contributed by atoms with Crippen LogP contribution in [0.1, 0.15) is 30.5 Å². The molecular weight excluding hydrogens is 434 g/mol. The molecule has 0 spiro atoms. The highest BCUT2D eigenvalue weighted by molar-refractivity contribution is 6.30. The number of amides is 1. The van der Waals surface area contributed by atoms with Gasteiger partial charge in [-0.3, -0.25) is 4.79 Å². The van der Waals surface area contributed by atoms with E-state index < -0.39 is 0 Å². The molecule has 4 aromatic rings. The summed E-state index contributed by atoms with van der Waals surface area (Å²) in [7, 11) is 0. The Morgan fingerprint density at radius 2 is 1.61 bits per heavy atom. The summed E-state index contributed by atoms with van der Waals surface area (Å²) in [6.45, 7) is 10.3. The second-order valence-corrected chi connectivity index (χ2v) is 8.58. The first-order chi connectivity index (χ1) is 15.9. The number of aryl methyl sites for hydroxylation is 2. The van der Waals surface area contributed by atoms with E-state index >= 15 is 0 Å². The number of rotatable bonds is 7. The summed E-state index contributed by atoms with van der Waals surface area (Å²) in [5.41, 5.74) is 7.34. The largest absolute Gasteiger partial charge is 0.372 e. The summed E-state index contributed by atoms with van der Waals surface area (Å²) >= 11 is 5.93. The SMILES string of the molecule is CCN(CC)c1ccc(-n2nc3cc(C)c(NC(=O)Cc4ccc(Cl)cc4)cc3n2)c(C)c1. The lowest BCUT2D eigenvalue weighted by Gasteiger charge is -2.22. The van der Waals surface area contributed by atoms with E-state index in [4.69, 9.17) is 11.6 Å². The highest BCUT2D eigenvalue weighted by Crippen LogP contribution is 2.25. The summed E-state index contributed by atoms with van der Waals surface area (Å²) in [5, 5.41) is 13.0. The molecule has 0 saturated carbocycles. The van der Waals surface area contributed by atoms with E-state index in [0.717, 1.165) is 52.2 Å². The Morgan fingerprint density at radius 1 is 0.939 bits per heavy atom. The molecule has 7 heteroatoms. The standard InChI is InChI=1S/C26H28ClN5O/c1-5-31(6-2)21-11-12-25(18(4)13-21)32-29-23-14-17(3)22(16-24(23)30-32)28-26(33)15-19-7-9-20(27)10-8-19/h7-14,16H,5-6,15H2,1-4H3,(H,28,33). The van der Waals surface area contributed by atoms with Crippen molar-refractivity contribution < 1.29 is 4.79 Å². The van der Waals surface area contributed by atoms with Crippen molar-refractivity contribution in [2.75, 3.05) is 23.3 Å². The van der Waals surface area contributed by atoms with Gasteiger partial charge in [0, 0.05) is 29.5 Å². The lowest BCUT2D eigenvalue weighted by molar-refractivity contribution is -0.115. The van der Waals surface area contributed by atoms with Crippen LogP contribution in [0.5, 0.6) is 0 Å². The second-order valence-electron chi connectivity index (χ2n) is 8.14. The van der Waals surface area contributed by atoms with Crippen LogP contribution in [0.4, 0.5) is 11.4 Å². The van der Waals surface area contributed by atoms with Gasteiger partial charge >= 0.3 is 0 Å². The van der Waals surface area contributed by atoms with Crippen molar-refractivity contribution >= 4 is 39.9 Å². The Kier molecular flexibility index (Phi) is 6.65. The maximum atomic E-state index is 12.6. The highest BCUT2D eigenvalue weighted by atomic mass is 35.5. The van der Waals surface area contributed by atoms with E-state index in [1.165, 1.54) is 5.69 Å². The number of hydrogen-bond donors (Lipinski definition) is 1. The molecule has 3 aromatic carbocycles. The molecule has 0 aliphatic rings. The van der Waals surface area contributed by atoms with Crippen molar-refractivity contribution in [1.82, 2.24) is 15.0 Å². The number of nitrogens with zero attached hydrogens (tertiary/aromatic N) is 4. The fraction of sp³-hybridized carbons (Fsp3) is 0.269. The molecule has 0 atom stereocenters. The zero-order valence-electron chi connectivity index (χ0n) is 19.4. The number of fused-ring (bicyclic) bond motifs is 1. The zero-order chi connectivity index (χ0) is 23.5. The molecule has 0 bridgehead atoms. The van der Waals surface area contributed by atoms with Crippen molar-refractivity contribution in [3.8, 4) is 5.69 Å². The minimum Gasteiger partial charge on any atom is -0.372 e. The molecule has 1 heterocycles. The minimum atomic E-state index is -0.0880. The van der Waals surface area contributed by atoms with E-state index in [9.17, 15) is 4.79 Å². The normalized spacial score (nSPS) is 11.1. The van der Waals surface area contributed by atoms with Gasteiger partial charge in [-0.25, -0.2) is 0 Å². The van der Waals surface area contributed by atoms with E-state index in [1.807, 2.05) is 31.2 Å². The Hall–Kier alpha value is -3.38. The summed E-state index contributed by atoms with van der Waals surface area (Å²) in [4.78, 5) is 16.6. The summed E-state index contributed by atoms with van der Waals surface area (Å²) in [5.74, 6) is -0.0880. The first-order valence-corrected chi connectivity index (χ1v) is 11.5. The van der Waals surface area contributed by atoms with Gasteiger partial charge in [0.05, 0.1) is 12.1 Å². The molecule has 0 aliphatic carbocycles. The summed E-state index contributed by atoms with van der Waals surface area (Å²) in [6.07, 6.45) is 0.277. The van der Waals surface area contributed by atoms with E-state index in [1.54, 1.807) is 16.9 Å². The Labute approximate surface area is 199 Å². The van der Waals surface area contributed by atoms with Crippen molar-refractivity contribution in [2.24, 2.45) is 0 Å². The first kappa shape index (κ1) is 22.8. The summed E-state index contributed by atoms with van der Waals surface area (Å²) < 4.78 is 0. The minimum absolute atomic E-state index is 0.0880. The number of anilines is 2. The van der Waals surface area contributed by atoms with Crippen LogP contribution in [-0.2, 0) is 11.2 Å². The van der Waals surface area contributed by atoms with Crippen LogP contribution in [0.15, 0.2) is 54.6 Å². The smallest absolute Gasteiger partial charge is 0.228 e. The molecular formula is C26H28ClN5O. The van der Waals surface area contributed by atoms with Gasteiger partial charge in [-0.1, -0.05) is 23.7 Å². The van der Waals surface area contributed by atoms with Crippen molar-refractivity contribution in [3.63, 3.8) is 0 Å². The number of nitrogens with one attached hydrogen (secondary N) is 1. The second kappa shape index (κ2) is 9.63.